The molecule has 0 fully saturated rings. The van der Waals surface area contributed by atoms with Crippen molar-refractivity contribution in [2.24, 2.45) is 10.2 Å². The summed E-state index contributed by atoms with van der Waals surface area (Å²) in [5, 5.41) is 19.4. The van der Waals surface area contributed by atoms with Crippen LogP contribution in [0.25, 0.3) is 10.8 Å². The molecule has 246 valence electrons. The molecule has 1 aromatic heterocycles. The van der Waals surface area contributed by atoms with Gasteiger partial charge >= 0.3 is 40.0 Å². The minimum atomic E-state index is -5.27. The van der Waals surface area contributed by atoms with Crippen molar-refractivity contribution in [1.29, 1.82) is 0 Å². The molecule has 4 aromatic rings. The zero-order chi connectivity index (χ0) is 34.2. The summed E-state index contributed by atoms with van der Waals surface area (Å²) < 4.78 is 127. The molecule has 4 rings (SSSR count). The second kappa shape index (κ2) is 14.5. The van der Waals surface area contributed by atoms with Crippen molar-refractivity contribution in [2.75, 3.05) is 17.7 Å². The Hall–Kier alpha value is -2.65. The smallest absolute Gasteiger partial charge is 0.505 e. The maximum absolute atomic E-state index is 12.4. The molecule has 0 aliphatic carbocycles. The van der Waals surface area contributed by atoms with Gasteiger partial charge in [0.25, 0.3) is 20.2 Å². The van der Waals surface area contributed by atoms with E-state index >= 15 is 0 Å². The molecular weight excluding hydrogens is 766 g/mol. The van der Waals surface area contributed by atoms with Crippen LogP contribution >= 0.6 is 23.2 Å². The van der Waals surface area contributed by atoms with Gasteiger partial charge in [0.15, 0.2) is 15.6 Å². The number of aromatic nitrogens is 3. The molecule has 0 spiro atoms. The first-order valence-corrected chi connectivity index (χ1v) is 18.3. The average Bonchev–Trinajstić information content (AvgIpc) is 2.90. The van der Waals surface area contributed by atoms with Crippen molar-refractivity contribution in [3.8, 4) is 5.75 Å². The molecule has 0 atom stereocenters. The molecule has 0 aliphatic heterocycles. The van der Waals surface area contributed by atoms with E-state index in [1.54, 1.807) is 0 Å². The van der Waals surface area contributed by atoms with Crippen LogP contribution in [0.2, 0.25) is 10.6 Å². The Morgan fingerprint density at radius 3 is 1.89 bits per heavy atom. The van der Waals surface area contributed by atoms with E-state index in [4.69, 9.17) is 27.8 Å². The largest absolute Gasteiger partial charge is 1.00 e. The molecule has 0 saturated heterocycles. The fourth-order valence-corrected chi connectivity index (χ4v) is 6.93. The van der Waals surface area contributed by atoms with Crippen LogP contribution < -0.4 is 34.9 Å². The van der Waals surface area contributed by atoms with Crippen molar-refractivity contribution >= 4 is 97.5 Å². The van der Waals surface area contributed by atoms with Gasteiger partial charge in [-0.1, -0.05) is 0 Å². The van der Waals surface area contributed by atoms with Gasteiger partial charge in [-0.2, -0.15) is 45.3 Å². The van der Waals surface area contributed by atoms with Gasteiger partial charge < -0.3 is 10.4 Å². The Kier molecular flexibility index (Phi) is 11.9. The topological polar surface area (TPSA) is 302 Å². The Bertz CT molecular complexity index is 2330. The van der Waals surface area contributed by atoms with Crippen LogP contribution in [-0.2, 0) is 44.7 Å². The number of azo groups is 1. The third-order valence-electron chi connectivity index (χ3n) is 5.60. The molecule has 0 unspecified atom stereocenters. The second-order valence-electron chi connectivity index (χ2n) is 8.64. The first-order valence-electron chi connectivity index (χ1n) is 11.6. The van der Waals surface area contributed by atoms with Gasteiger partial charge in [-0.25, -0.2) is 12.6 Å². The molecule has 0 bridgehead atoms. The van der Waals surface area contributed by atoms with E-state index in [1.165, 1.54) is 0 Å². The van der Waals surface area contributed by atoms with Crippen LogP contribution in [0.5, 0.6) is 5.75 Å². The standard InChI is InChI=1S/C21H16Cl2N6O13S4.Na/c22-19-25-20(23)27-21(26-19)24-13-5-6-14(44(33,34)35)12-9-15(45(36,37)38)17(18(30)16(12)13)29-28-10-1-3-11(4-2-10)43(31,32)8-7-42-46(39,40)41;/h1-6,9,30H,7-8H2,(H,33,34,35)(H,36,37,38)(H,39,40,41)(H,24,25,26,27);/q;+1. The first-order chi connectivity index (χ1) is 21.2. The van der Waals surface area contributed by atoms with E-state index in [9.17, 15) is 47.9 Å². The summed E-state index contributed by atoms with van der Waals surface area (Å²) in [5.74, 6) is -2.22. The number of anilines is 2. The van der Waals surface area contributed by atoms with Gasteiger partial charge in [0.05, 0.1) is 34.0 Å². The number of halogens is 2. The van der Waals surface area contributed by atoms with Crippen LogP contribution in [0, 0.1) is 0 Å². The van der Waals surface area contributed by atoms with E-state index in [-0.39, 0.29) is 62.3 Å². The van der Waals surface area contributed by atoms with Crippen LogP contribution in [0.3, 0.4) is 0 Å². The SMILES string of the molecule is O=S(=O)(O)OCCS(=O)(=O)c1ccc(N=Nc2c(S(=O)(=O)O)cc3c(S(=O)(=O)O)ccc(Nc4nc(Cl)nc(Cl)n4)c3c2O)cc1.[Na+]. The molecule has 0 aliphatic rings. The number of sulfone groups is 1. The maximum atomic E-state index is 12.4. The molecule has 1 heterocycles. The number of hydrogen-bond donors (Lipinski definition) is 5. The number of phenolic OH excluding ortho intramolecular Hbond substituents is 1. The number of fused-ring (bicyclic) bond motifs is 1. The van der Waals surface area contributed by atoms with Crippen molar-refractivity contribution in [3.63, 3.8) is 0 Å². The normalized spacial score (nSPS) is 12.7. The number of benzene rings is 3. The molecule has 5 N–H and O–H groups in total. The third kappa shape index (κ3) is 9.71. The predicted octanol–water partition coefficient (Wildman–Crippen LogP) is 0.287. The molecule has 0 amide bonds. The predicted molar refractivity (Wildman–Crippen MR) is 159 cm³/mol. The zero-order valence-corrected chi connectivity index (χ0v) is 29.8. The van der Waals surface area contributed by atoms with Gasteiger partial charge in [-0.15, -0.1) is 5.11 Å². The molecular formula is C21H16Cl2N6NaO13S4+. The quantitative estimate of drug-likeness (QED) is 0.0775. The average molecular weight is 783 g/mol. The number of hydrogen-bond acceptors (Lipinski definition) is 16. The zero-order valence-electron chi connectivity index (χ0n) is 23.0. The van der Waals surface area contributed by atoms with E-state index < -0.39 is 84.8 Å². The van der Waals surface area contributed by atoms with Crippen LogP contribution in [0.1, 0.15) is 0 Å². The van der Waals surface area contributed by atoms with Crippen molar-refractivity contribution in [3.05, 3.63) is 53.0 Å². The number of phenols is 1. The second-order valence-corrected chi connectivity index (χ2v) is 15.3. The first kappa shape index (κ1) is 38.8. The molecule has 0 radical (unpaired) electrons. The Morgan fingerprint density at radius 1 is 0.787 bits per heavy atom. The monoisotopic (exact) mass is 781 g/mol. The van der Waals surface area contributed by atoms with Gasteiger partial charge in [-0.3, -0.25) is 13.7 Å². The summed E-state index contributed by atoms with van der Waals surface area (Å²) in [6, 6.07) is 6.67. The minimum Gasteiger partial charge on any atom is -0.505 e. The Morgan fingerprint density at radius 2 is 1.36 bits per heavy atom. The summed E-state index contributed by atoms with van der Waals surface area (Å²) in [6.07, 6.45) is 0. The van der Waals surface area contributed by atoms with Crippen LogP contribution in [0.15, 0.2) is 67.4 Å². The van der Waals surface area contributed by atoms with E-state index in [0.717, 1.165) is 36.4 Å². The van der Waals surface area contributed by atoms with E-state index in [0.29, 0.717) is 6.07 Å². The summed E-state index contributed by atoms with van der Waals surface area (Å²) in [7, 11) is -19.3. The number of nitrogens with zero attached hydrogens (tertiary/aromatic N) is 5. The van der Waals surface area contributed by atoms with Gasteiger partial charge in [-0.05, 0) is 65.7 Å². The van der Waals surface area contributed by atoms with Gasteiger partial charge in [0.2, 0.25) is 16.5 Å². The molecule has 0 saturated carbocycles. The Labute approximate surface area is 297 Å². The van der Waals surface area contributed by atoms with Crippen molar-refractivity contribution in [1.82, 2.24) is 15.0 Å². The summed E-state index contributed by atoms with van der Waals surface area (Å²) >= 11 is 11.6. The van der Waals surface area contributed by atoms with Gasteiger partial charge in [0.1, 0.15) is 15.5 Å². The van der Waals surface area contributed by atoms with Crippen LogP contribution in [0.4, 0.5) is 23.0 Å². The molecule has 47 heavy (non-hydrogen) atoms. The van der Waals surface area contributed by atoms with Crippen molar-refractivity contribution < 1.29 is 86.2 Å². The molecule has 3 aromatic carbocycles. The van der Waals surface area contributed by atoms with Crippen molar-refractivity contribution in [2.45, 2.75) is 14.7 Å². The molecule has 26 heteroatoms. The minimum absolute atomic E-state index is 0. The number of aromatic hydroxyl groups is 1. The van der Waals surface area contributed by atoms with E-state index in [2.05, 4.69) is 34.7 Å². The summed E-state index contributed by atoms with van der Waals surface area (Å²) in [5.41, 5.74) is -1.26. The van der Waals surface area contributed by atoms with Gasteiger partial charge in [0, 0.05) is 5.39 Å². The number of nitrogens with one attached hydrogen (secondary N) is 1. The molecule has 19 nitrogen and oxygen atoms in total. The van der Waals surface area contributed by atoms with E-state index in [1.807, 2.05) is 0 Å². The fraction of sp³-hybridized carbons (Fsp3) is 0.0952. The summed E-state index contributed by atoms with van der Waals surface area (Å²) in [4.78, 5) is 8.76. The fourth-order valence-electron chi connectivity index (χ4n) is 3.75. The Balaban J connectivity index is 0.00000600. The van der Waals surface area contributed by atoms with Crippen LogP contribution in [-0.4, -0.2) is 79.7 Å². The summed E-state index contributed by atoms with van der Waals surface area (Å²) in [6.45, 7) is -0.883. The maximum Gasteiger partial charge on any atom is 1.00 e. The number of rotatable bonds is 11. The third-order valence-corrected chi connectivity index (χ3v) is 9.88.